The first-order valence-electron chi connectivity index (χ1n) is 5.82. The van der Waals surface area contributed by atoms with Gasteiger partial charge in [0.05, 0.1) is 5.25 Å². The lowest BCUT2D eigenvalue weighted by Gasteiger charge is -2.33. The molecular weight excluding hydrogens is 228 g/mol. The van der Waals surface area contributed by atoms with Crippen molar-refractivity contribution in [2.24, 2.45) is 0 Å². The predicted molar refractivity (Wildman–Crippen MR) is 60.4 cm³/mol. The second kappa shape index (κ2) is 4.33. The third-order valence-corrected chi connectivity index (χ3v) is 5.96. The van der Waals surface area contributed by atoms with Crippen molar-refractivity contribution in [3.63, 3.8) is 0 Å². The lowest BCUT2D eigenvalue weighted by Crippen LogP contribution is -2.57. The summed E-state index contributed by atoms with van der Waals surface area (Å²) in [5.74, 6) is -0.187. The quantitative estimate of drug-likeness (QED) is 0.750. The van der Waals surface area contributed by atoms with Gasteiger partial charge in [-0.05, 0) is 19.8 Å². The maximum atomic E-state index is 12.3. The number of piperazine rings is 1. The van der Waals surface area contributed by atoms with Crippen molar-refractivity contribution in [3.05, 3.63) is 0 Å². The summed E-state index contributed by atoms with van der Waals surface area (Å²) in [7, 11) is -3.27. The average molecular weight is 246 g/mol. The molecule has 1 amide bonds. The van der Waals surface area contributed by atoms with Gasteiger partial charge in [0.1, 0.15) is 6.04 Å². The van der Waals surface area contributed by atoms with E-state index in [0.29, 0.717) is 13.1 Å². The third-order valence-electron chi connectivity index (χ3n) is 3.49. The second-order valence-electron chi connectivity index (χ2n) is 4.53. The number of amides is 1. The smallest absolute Gasteiger partial charge is 0.238 e. The van der Waals surface area contributed by atoms with E-state index in [4.69, 9.17) is 0 Å². The Hall–Kier alpha value is -0.620. The third kappa shape index (κ3) is 1.96. The van der Waals surface area contributed by atoms with Gasteiger partial charge in [-0.15, -0.1) is 0 Å². The molecule has 5 nitrogen and oxygen atoms in total. The van der Waals surface area contributed by atoms with Gasteiger partial charge in [0.2, 0.25) is 15.9 Å². The Kier molecular flexibility index (Phi) is 3.21. The number of nitrogens with zero attached hydrogens (tertiary/aromatic N) is 1. The second-order valence-corrected chi connectivity index (χ2v) is 6.69. The number of rotatable bonds is 2. The maximum Gasteiger partial charge on any atom is 0.238 e. The van der Waals surface area contributed by atoms with Crippen molar-refractivity contribution in [3.8, 4) is 0 Å². The van der Waals surface area contributed by atoms with Gasteiger partial charge in [0.25, 0.3) is 0 Å². The first-order valence-corrected chi connectivity index (χ1v) is 7.32. The van der Waals surface area contributed by atoms with E-state index in [-0.39, 0.29) is 11.2 Å². The fraction of sp³-hybridized carbons (Fsp3) is 0.900. The van der Waals surface area contributed by atoms with E-state index in [1.165, 1.54) is 4.31 Å². The summed E-state index contributed by atoms with van der Waals surface area (Å²) in [4.78, 5) is 11.4. The van der Waals surface area contributed by atoms with Crippen molar-refractivity contribution in [1.29, 1.82) is 0 Å². The van der Waals surface area contributed by atoms with Gasteiger partial charge in [-0.1, -0.05) is 12.8 Å². The van der Waals surface area contributed by atoms with Crippen LogP contribution in [0.3, 0.4) is 0 Å². The zero-order chi connectivity index (χ0) is 11.8. The molecule has 2 fully saturated rings. The molecule has 1 saturated heterocycles. The molecule has 1 aliphatic heterocycles. The van der Waals surface area contributed by atoms with Gasteiger partial charge in [-0.2, -0.15) is 4.31 Å². The van der Waals surface area contributed by atoms with E-state index in [2.05, 4.69) is 5.32 Å². The van der Waals surface area contributed by atoms with Gasteiger partial charge in [0, 0.05) is 13.1 Å². The van der Waals surface area contributed by atoms with E-state index >= 15 is 0 Å². The Bertz CT molecular complexity index is 374. The molecule has 16 heavy (non-hydrogen) atoms. The zero-order valence-electron chi connectivity index (χ0n) is 9.48. The molecule has 2 rings (SSSR count). The summed E-state index contributed by atoms with van der Waals surface area (Å²) >= 11 is 0. The first-order chi connectivity index (χ1) is 7.53. The fourth-order valence-electron chi connectivity index (χ4n) is 2.49. The number of sulfonamides is 1. The number of carbonyl (C=O) groups is 1. The van der Waals surface area contributed by atoms with Crippen LogP contribution in [-0.2, 0) is 14.8 Å². The summed E-state index contributed by atoms with van der Waals surface area (Å²) < 4.78 is 26.0. The van der Waals surface area contributed by atoms with Crippen LogP contribution in [0.25, 0.3) is 0 Å². The minimum atomic E-state index is -3.27. The number of nitrogens with one attached hydrogen (secondary N) is 1. The van der Waals surface area contributed by atoms with Crippen LogP contribution in [0.15, 0.2) is 0 Å². The number of hydrogen-bond acceptors (Lipinski definition) is 3. The molecule has 6 heteroatoms. The van der Waals surface area contributed by atoms with Crippen molar-refractivity contribution in [1.82, 2.24) is 9.62 Å². The molecular formula is C10H18N2O3S. The van der Waals surface area contributed by atoms with E-state index < -0.39 is 16.1 Å². The minimum absolute atomic E-state index is 0.187. The van der Waals surface area contributed by atoms with E-state index in [9.17, 15) is 13.2 Å². The molecule has 0 spiro atoms. The molecule has 0 aromatic carbocycles. The van der Waals surface area contributed by atoms with Gasteiger partial charge >= 0.3 is 0 Å². The zero-order valence-corrected chi connectivity index (χ0v) is 10.3. The van der Waals surface area contributed by atoms with Gasteiger partial charge in [0.15, 0.2) is 0 Å². The van der Waals surface area contributed by atoms with Crippen LogP contribution in [0, 0.1) is 0 Å². The van der Waals surface area contributed by atoms with Crippen molar-refractivity contribution in [2.75, 3.05) is 13.1 Å². The standard InChI is InChI=1S/C10H18N2O3S/c1-8-10(13)11-6-7-12(8)16(14,15)9-4-2-3-5-9/h8-9H,2-7H2,1H3,(H,11,13). The monoisotopic (exact) mass is 246 g/mol. The summed E-state index contributed by atoms with van der Waals surface area (Å²) in [6, 6.07) is -0.556. The van der Waals surface area contributed by atoms with Crippen LogP contribution in [0.5, 0.6) is 0 Å². The number of hydrogen-bond donors (Lipinski definition) is 1. The molecule has 1 unspecified atom stereocenters. The summed E-state index contributed by atoms with van der Waals surface area (Å²) in [6.07, 6.45) is 3.46. The number of carbonyl (C=O) groups excluding carboxylic acids is 1. The van der Waals surface area contributed by atoms with Gasteiger partial charge in [-0.3, -0.25) is 4.79 Å². The van der Waals surface area contributed by atoms with Crippen LogP contribution in [-0.4, -0.2) is 43.0 Å². The molecule has 0 aromatic heterocycles. The highest BCUT2D eigenvalue weighted by molar-refractivity contribution is 7.89. The molecule has 1 heterocycles. The summed E-state index contributed by atoms with van der Waals surface area (Å²) in [5, 5.41) is 2.42. The Morgan fingerprint density at radius 3 is 2.56 bits per heavy atom. The van der Waals surface area contributed by atoms with Crippen LogP contribution >= 0.6 is 0 Å². The predicted octanol–water partition coefficient (Wildman–Crippen LogP) is 0.0791. The van der Waals surface area contributed by atoms with Gasteiger partial charge in [-0.25, -0.2) is 8.42 Å². The Morgan fingerprint density at radius 2 is 1.94 bits per heavy atom. The van der Waals surface area contributed by atoms with E-state index in [1.807, 2.05) is 0 Å². The van der Waals surface area contributed by atoms with Crippen molar-refractivity contribution >= 4 is 15.9 Å². The largest absolute Gasteiger partial charge is 0.353 e. The molecule has 1 atom stereocenters. The highest BCUT2D eigenvalue weighted by Crippen LogP contribution is 2.28. The molecule has 1 aliphatic carbocycles. The molecule has 1 N–H and O–H groups in total. The molecule has 0 radical (unpaired) electrons. The Balaban J connectivity index is 2.18. The lowest BCUT2D eigenvalue weighted by atomic mass is 10.2. The average Bonchev–Trinajstić information content (AvgIpc) is 2.75. The van der Waals surface area contributed by atoms with E-state index in [1.54, 1.807) is 6.92 Å². The molecule has 2 aliphatic rings. The van der Waals surface area contributed by atoms with Crippen molar-refractivity contribution < 1.29 is 13.2 Å². The van der Waals surface area contributed by atoms with Crippen LogP contribution < -0.4 is 5.32 Å². The van der Waals surface area contributed by atoms with Crippen LogP contribution in [0.1, 0.15) is 32.6 Å². The molecule has 0 aromatic rings. The molecule has 0 bridgehead atoms. The van der Waals surface area contributed by atoms with Crippen LogP contribution in [0.2, 0.25) is 0 Å². The summed E-state index contributed by atoms with van der Waals surface area (Å²) in [5.41, 5.74) is 0. The highest BCUT2D eigenvalue weighted by Gasteiger charge is 2.40. The topological polar surface area (TPSA) is 66.5 Å². The fourth-order valence-corrected chi connectivity index (χ4v) is 4.68. The highest BCUT2D eigenvalue weighted by atomic mass is 32.2. The molecule has 1 saturated carbocycles. The minimum Gasteiger partial charge on any atom is -0.353 e. The Morgan fingerprint density at radius 1 is 1.31 bits per heavy atom. The van der Waals surface area contributed by atoms with Gasteiger partial charge < -0.3 is 5.32 Å². The summed E-state index contributed by atoms with van der Waals surface area (Å²) in [6.45, 7) is 2.49. The van der Waals surface area contributed by atoms with Crippen molar-refractivity contribution in [2.45, 2.75) is 43.9 Å². The Labute approximate surface area is 96.2 Å². The maximum absolute atomic E-state index is 12.3. The first kappa shape index (κ1) is 11.9. The SMILES string of the molecule is CC1C(=O)NCCN1S(=O)(=O)C1CCCC1. The normalized spacial score (nSPS) is 29.3. The molecule has 92 valence electrons. The lowest BCUT2D eigenvalue weighted by molar-refractivity contribution is -0.126. The van der Waals surface area contributed by atoms with E-state index in [0.717, 1.165) is 25.7 Å². The van der Waals surface area contributed by atoms with Crippen LogP contribution in [0.4, 0.5) is 0 Å².